The second kappa shape index (κ2) is 7.15. The van der Waals surface area contributed by atoms with Crippen LogP contribution < -0.4 is 5.32 Å². The molecule has 136 valence electrons. The lowest BCUT2D eigenvalue weighted by molar-refractivity contribution is -0.127. The van der Waals surface area contributed by atoms with Gasteiger partial charge in [0.25, 0.3) is 10.0 Å². The molecule has 1 aromatic rings. The van der Waals surface area contributed by atoms with Crippen LogP contribution in [0.25, 0.3) is 0 Å². The predicted molar refractivity (Wildman–Crippen MR) is 97.0 cm³/mol. The summed E-state index contributed by atoms with van der Waals surface area (Å²) in [5.74, 6) is 0.413. The molecule has 1 unspecified atom stereocenters. The third-order valence-corrected chi connectivity index (χ3v) is 6.36. The van der Waals surface area contributed by atoms with Crippen molar-refractivity contribution in [1.82, 2.24) is 10.2 Å². The largest absolute Gasteiger partial charge is 0.355 e. The third-order valence-electron chi connectivity index (χ3n) is 5.04. The Balaban J connectivity index is 1.78. The molecule has 0 aliphatic carbocycles. The molecule has 0 bridgehead atoms. The number of sulfonamides is 1. The van der Waals surface area contributed by atoms with Crippen molar-refractivity contribution in [2.45, 2.75) is 50.5 Å². The zero-order valence-corrected chi connectivity index (χ0v) is 15.6. The van der Waals surface area contributed by atoms with Gasteiger partial charge in [-0.25, -0.2) is 0 Å². The number of piperidine rings is 1. The van der Waals surface area contributed by atoms with E-state index in [1.165, 1.54) is 0 Å². The van der Waals surface area contributed by atoms with Crippen molar-refractivity contribution < 1.29 is 13.2 Å². The smallest absolute Gasteiger partial charge is 0.285 e. The molecule has 2 aliphatic heterocycles. The highest BCUT2D eigenvalue weighted by Gasteiger charge is 2.35. The predicted octanol–water partition coefficient (Wildman–Crippen LogP) is 2.15. The van der Waals surface area contributed by atoms with E-state index in [-0.39, 0.29) is 22.8 Å². The topological polar surface area (TPSA) is 78.8 Å². The molecule has 1 fully saturated rings. The van der Waals surface area contributed by atoms with Crippen molar-refractivity contribution in [3.05, 3.63) is 29.8 Å². The van der Waals surface area contributed by atoms with Crippen molar-refractivity contribution in [3.8, 4) is 0 Å². The Morgan fingerprint density at radius 2 is 2.04 bits per heavy atom. The number of fused-ring (bicyclic) bond motifs is 1. The highest BCUT2D eigenvalue weighted by Crippen LogP contribution is 2.29. The van der Waals surface area contributed by atoms with Crippen molar-refractivity contribution in [3.63, 3.8) is 0 Å². The van der Waals surface area contributed by atoms with E-state index >= 15 is 0 Å². The second-order valence-corrected chi connectivity index (χ2v) is 8.27. The number of nitrogens with zero attached hydrogens (tertiary/aromatic N) is 2. The van der Waals surface area contributed by atoms with E-state index in [1.807, 2.05) is 11.0 Å². The van der Waals surface area contributed by atoms with Gasteiger partial charge in [0.15, 0.2) is 5.84 Å². The van der Waals surface area contributed by atoms with Gasteiger partial charge in [-0.05, 0) is 37.8 Å². The maximum atomic E-state index is 12.6. The van der Waals surface area contributed by atoms with Crippen LogP contribution in [0.1, 0.15) is 45.1 Å². The van der Waals surface area contributed by atoms with Gasteiger partial charge < -0.3 is 10.2 Å². The first-order valence-electron chi connectivity index (χ1n) is 8.96. The van der Waals surface area contributed by atoms with E-state index in [1.54, 1.807) is 18.2 Å². The quantitative estimate of drug-likeness (QED) is 0.889. The maximum absolute atomic E-state index is 12.6. The normalized spacial score (nSPS) is 21.8. The minimum absolute atomic E-state index is 0.0631. The van der Waals surface area contributed by atoms with E-state index < -0.39 is 10.0 Å². The summed E-state index contributed by atoms with van der Waals surface area (Å²) < 4.78 is 28.5. The molecule has 1 saturated heterocycles. The van der Waals surface area contributed by atoms with Crippen LogP contribution in [0.15, 0.2) is 33.6 Å². The summed E-state index contributed by atoms with van der Waals surface area (Å²) in [7, 11) is -3.62. The number of hydrogen-bond acceptors (Lipinski definition) is 4. The van der Waals surface area contributed by atoms with Crippen molar-refractivity contribution >= 4 is 21.8 Å². The lowest BCUT2D eigenvalue weighted by Gasteiger charge is -2.34. The zero-order chi connectivity index (χ0) is 18.0. The first kappa shape index (κ1) is 17.9. The van der Waals surface area contributed by atoms with Gasteiger partial charge in [-0.15, -0.1) is 4.40 Å². The highest BCUT2D eigenvalue weighted by atomic mass is 32.2. The summed E-state index contributed by atoms with van der Waals surface area (Å²) in [6, 6.07) is 7.09. The molecule has 0 saturated carbocycles. The lowest BCUT2D eigenvalue weighted by Crippen LogP contribution is -2.47. The molecular weight excluding hydrogens is 338 g/mol. The fourth-order valence-electron chi connectivity index (χ4n) is 3.51. The van der Waals surface area contributed by atoms with Gasteiger partial charge in [-0.3, -0.25) is 4.79 Å². The average molecular weight is 363 g/mol. The molecule has 2 aliphatic rings. The minimum Gasteiger partial charge on any atom is -0.355 e. The first-order chi connectivity index (χ1) is 12.0. The van der Waals surface area contributed by atoms with Gasteiger partial charge >= 0.3 is 0 Å². The van der Waals surface area contributed by atoms with Crippen LogP contribution >= 0.6 is 0 Å². The van der Waals surface area contributed by atoms with Crippen LogP contribution in [-0.2, 0) is 14.8 Å². The van der Waals surface area contributed by atoms with Crippen LogP contribution in [0, 0.1) is 5.92 Å². The number of nitrogens with one attached hydrogen (secondary N) is 1. The lowest BCUT2D eigenvalue weighted by atomic mass is 9.95. The van der Waals surface area contributed by atoms with Gasteiger partial charge in [0.2, 0.25) is 5.91 Å². The highest BCUT2D eigenvalue weighted by molar-refractivity contribution is 7.90. The standard InChI is InChI=1S/C18H25N3O3S/c1-3-14(4-2)19-18(22)13-8-7-11-21(12-13)17-15-9-5-6-10-16(15)25(23,24)20-17/h5-6,9-10,13-14H,3-4,7-8,11-12H2,1-2H3,(H,19,22). The van der Waals surface area contributed by atoms with Crippen molar-refractivity contribution in [2.75, 3.05) is 13.1 Å². The van der Waals surface area contributed by atoms with Crippen LogP contribution in [0.5, 0.6) is 0 Å². The van der Waals surface area contributed by atoms with Crippen molar-refractivity contribution in [2.24, 2.45) is 10.3 Å². The Labute approximate surface area is 149 Å². The Bertz CT molecular complexity index is 785. The number of likely N-dealkylation sites (tertiary alicyclic amines) is 1. The summed E-state index contributed by atoms with van der Waals surface area (Å²) in [6.07, 6.45) is 3.50. The molecular formula is C18H25N3O3S. The Morgan fingerprint density at radius 3 is 2.76 bits per heavy atom. The third kappa shape index (κ3) is 3.56. The van der Waals surface area contributed by atoms with Crippen molar-refractivity contribution in [1.29, 1.82) is 0 Å². The number of carbonyl (C=O) groups excluding carboxylic acids is 1. The molecule has 6 nitrogen and oxygen atoms in total. The van der Waals surface area contributed by atoms with Crippen LogP contribution in [0.2, 0.25) is 0 Å². The molecule has 2 heterocycles. The zero-order valence-electron chi connectivity index (χ0n) is 14.7. The van der Waals surface area contributed by atoms with Gasteiger partial charge in [0.1, 0.15) is 4.90 Å². The number of amides is 1. The Kier molecular flexibility index (Phi) is 5.13. The van der Waals surface area contributed by atoms with Crippen LogP contribution in [0.3, 0.4) is 0 Å². The first-order valence-corrected chi connectivity index (χ1v) is 10.4. The second-order valence-electron chi connectivity index (χ2n) is 6.69. The van der Waals surface area contributed by atoms with Gasteiger partial charge in [0, 0.05) is 24.7 Å². The molecule has 1 aromatic carbocycles. The van der Waals surface area contributed by atoms with Crippen LogP contribution in [-0.4, -0.2) is 44.2 Å². The molecule has 1 N–H and O–H groups in total. The molecule has 0 spiro atoms. The van der Waals surface area contributed by atoms with E-state index in [9.17, 15) is 13.2 Å². The summed E-state index contributed by atoms with van der Waals surface area (Å²) >= 11 is 0. The summed E-state index contributed by atoms with van der Waals surface area (Å²) in [6.45, 7) is 5.36. The van der Waals surface area contributed by atoms with Gasteiger partial charge in [-0.2, -0.15) is 8.42 Å². The maximum Gasteiger partial charge on any atom is 0.285 e. The molecule has 3 rings (SSSR count). The number of amidine groups is 1. The molecule has 25 heavy (non-hydrogen) atoms. The van der Waals surface area contributed by atoms with E-state index in [0.29, 0.717) is 17.9 Å². The SMILES string of the molecule is CCC(CC)NC(=O)C1CCCN(C2=NS(=O)(=O)c3ccccc32)C1. The molecule has 7 heteroatoms. The van der Waals surface area contributed by atoms with E-state index in [4.69, 9.17) is 0 Å². The van der Waals surface area contributed by atoms with Gasteiger partial charge in [0.05, 0.1) is 5.92 Å². The van der Waals surface area contributed by atoms with Gasteiger partial charge in [-0.1, -0.05) is 26.0 Å². The molecule has 0 aromatic heterocycles. The Morgan fingerprint density at radius 1 is 1.32 bits per heavy atom. The number of carbonyl (C=O) groups is 1. The number of rotatable bonds is 4. The minimum atomic E-state index is -3.62. The fraction of sp³-hybridized carbons (Fsp3) is 0.556. The fourth-order valence-corrected chi connectivity index (χ4v) is 4.74. The number of hydrogen-bond donors (Lipinski definition) is 1. The monoisotopic (exact) mass is 363 g/mol. The summed E-state index contributed by atoms with van der Waals surface area (Å²) in [5.41, 5.74) is 0.642. The molecule has 1 atom stereocenters. The average Bonchev–Trinajstić information content (AvgIpc) is 2.91. The number of benzene rings is 1. The summed E-state index contributed by atoms with van der Waals surface area (Å²) in [5, 5.41) is 3.11. The molecule has 1 amide bonds. The molecule has 0 radical (unpaired) electrons. The van der Waals surface area contributed by atoms with E-state index in [2.05, 4.69) is 23.6 Å². The van der Waals surface area contributed by atoms with E-state index in [0.717, 1.165) is 32.2 Å². The van der Waals surface area contributed by atoms with Crippen LogP contribution in [0.4, 0.5) is 0 Å². The summed E-state index contributed by atoms with van der Waals surface area (Å²) in [4.78, 5) is 14.8. The Hall–Kier alpha value is -1.89.